The van der Waals surface area contributed by atoms with Crippen LogP contribution in [0.1, 0.15) is 51.0 Å². The molecule has 18 heavy (non-hydrogen) atoms. The summed E-state index contributed by atoms with van der Waals surface area (Å²) in [5.41, 5.74) is 2.18. The summed E-state index contributed by atoms with van der Waals surface area (Å²) in [5, 5.41) is 3.02. The molecular formula is C16H24NO. The van der Waals surface area contributed by atoms with Crippen molar-refractivity contribution >= 4 is 11.6 Å². The average molecular weight is 246 g/mol. The standard InChI is InChI=1S/C16H24NO/c1-3-5-7-13-16(18)17-15-12-9-8-11-14(15)10-6-4-2/h8-9,11-12H,2-7,10,13H2,1H3,(H,17,18). The van der Waals surface area contributed by atoms with Crippen molar-refractivity contribution in [2.45, 2.75) is 51.9 Å². The number of nitrogens with one attached hydrogen (secondary N) is 1. The highest BCUT2D eigenvalue weighted by Crippen LogP contribution is 2.18. The smallest absolute Gasteiger partial charge is 0.224 e. The lowest BCUT2D eigenvalue weighted by atomic mass is 10.1. The number of carbonyl (C=O) groups is 1. The molecule has 2 heteroatoms. The van der Waals surface area contributed by atoms with Crippen LogP contribution in [0.25, 0.3) is 0 Å². The van der Waals surface area contributed by atoms with E-state index >= 15 is 0 Å². The second kappa shape index (κ2) is 8.73. The minimum Gasteiger partial charge on any atom is -0.326 e. The minimum atomic E-state index is 0.130. The highest BCUT2D eigenvalue weighted by atomic mass is 16.1. The Morgan fingerprint density at radius 1 is 1.22 bits per heavy atom. The van der Waals surface area contributed by atoms with Gasteiger partial charge in [0.1, 0.15) is 0 Å². The van der Waals surface area contributed by atoms with E-state index < -0.39 is 0 Å². The van der Waals surface area contributed by atoms with Crippen molar-refractivity contribution in [3.05, 3.63) is 36.8 Å². The van der Waals surface area contributed by atoms with Crippen molar-refractivity contribution in [2.24, 2.45) is 0 Å². The number of hydrogen-bond acceptors (Lipinski definition) is 1. The lowest BCUT2D eigenvalue weighted by Gasteiger charge is -2.10. The Bertz CT molecular complexity index is 360. The minimum absolute atomic E-state index is 0.130. The van der Waals surface area contributed by atoms with E-state index in [1.165, 1.54) is 5.56 Å². The summed E-state index contributed by atoms with van der Waals surface area (Å²) in [4.78, 5) is 11.8. The van der Waals surface area contributed by atoms with Gasteiger partial charge in [-0.1, -0.05) is 51.3 Å². The van der Waals surface area contributed by atoms with Gasteiger partial charge in [-0.25, -0.2) is 0 Å². The van der Waals surface area contributed by atoms with E-state index in [0.29, 0.717) is 6.42 Å². The third kappa shape index (κ3) is 5.35. The van der Waals surface area contributed by atoms with E-state index in [0.717, 1.165) is 44.2 Å². The maximum Gasteiger partial charge on any atom is 0.224 e. The lowest BCUT2D eigenvalue weighted by molar-refractivity contribution is -0.116. The molecule has 0 spiro atoms. The Labute approximate surface area is 111 Å². The third-order valence-electron chi connectivity index (χ3n) is 2.99. The van der Waals surface area contributed by atoms with Gasteiger partial charge in [-0.3, -0.25) is 4.79 Å². The maximum absolute atomic E-state index is 11.8. The van der Waals surface area contributed by atoms with Gasteiger partial charge in [0.05, 0.1) is 0 Å². The van der Waals surface area contributed by atoms with Crippen LogP contribution in [0.4, 0.5) is 5.69 Å². The summed E-state index contributed by atoms with van der Waals surface area (Å²) in [7, 11) is 0. The topological polar surface area (TPSA) is 29.1 Å². The van der Waals surface area contributed by atoms with Gasteiger partial charge >= 0.3 is 0 Å². The van der Waals surface area contributed by atoms with Gasteiger partial charge < -0.3 is 5.32 Å². The van der Waals surface area contributed by atoms with Gasteiger partial charge in [0.15, 0.2) is 0 Å². The van der Waals surface area contributed by atoms with E-state index in [-0.39, 0.29) is 5.91 Å². The molecule has 99 valence electrons. The van der Waals surface area contributed by atoms with E-state index in [4.69, 9.17) is 0 Å². The number of anilines is 1. The Morgan fingerprint density at radius 2 is 2.00 bits per heavy atom. The van der Waals surface area contributed by atoms with E-state index in [1.54, 1.807) is 0 Å². The first-order valence-corrected chi connectivity index (χ1v) is 6.95. The normalized spacial score (nSPS) is 10.3. The van der Waals surface area contributed by atoms with Gasteiger partial charge in [-0.15, -0.1) is 0 Å². The largest absolute Gasteiger partial charge is 0.326 e. The molecule has 1 N–H and O–H groups in total. The Hall–Kier alpha value is -1.31. The van der Waals surface area contributed by atoms with Crippen molar-refractivity contribution in [3.63, 3.8) is 0 Å². The molecule has 0 heterocycles. The van der Waals surface area contributed by atoms with Gasteiger partial charge in [0.2, 0.25) is 5.91 Å². The third-order valence-corrected chi connectivity index (χ3v) is 2.99. The Morgan fingerprint density at radius 3 is 2.72 bits per heavy atom. The molecule has 0 bridgehead atoms. The quantitative estimate of drug-likeness (QED) is 0.678. The number of amides is 1. The Kier molecular flexibility index (Phi) is 7.16. The zero-order valence-corrected chi connectivity index (χ0v) is 11.4. The fourth-order valence-electron chi connectivity index (χ4n) is 1.92. The van der Waals surface area contributed by atoms with Crippen LogP contribution in [-0.2, 0) is 11.2 Å². The fourth-order valence-corrected chi connectivity index (χ4v) is 1.92. The highest BCUT2D eigenvalue weighted by molar-refractivity contribution is 5.91. The first kappa shape index (κ1) is 14.7. The predicted molar refractivity (Wildman–Crippen MR) is 77.5 cm³/mol. The number of benzene rings is 1. The monoisotopic (exact) mass is 246 g/mol. The van der Waals surface area contributed by atoms with Crippen LogP contribution in [-0.4, -0.2) is 5.91 Å². The molecule has 0 aliphatic rings. The SMILES string of the molecule is [CH2]CCCc1ccccc1NC(=O)CCCCC. The average Bonchev–Trinajstić information content (AvgIpc) is 2.38. The summed E-state index contributed by atoms with van der Waals surface area (Å²) in [5.74, 6) is 0.130. The first-order valence-electron chi connectivity index (χ1n) is 6.95. The predicted octanol–water partition coefficient (Wildman–Crippen LogP) is 4.36. The van der Waals surface area contributed by atoms with Crippen LogP contribution >= 0.6 is 0 Å². The van der Waals surface area contributed by atoms with Crippen molar-refractivity contribution < 1.29 is 4.79 Å². The summed E-state index contributed by atoms with van der Waals surface area (Å²) in [6.07, 6.45) is 6.83. The number of carbonyl (C=O) groups excluding carboxylic acids is 1. The second-order valence-electron chi connectivity index (χ2n) is 4.62. The molecule has 0 unspecified atom stereocenters. The molecule has 0 atom stereocenters. The van der Waals surface area contributed by atoms with Crippen LogP contribution in [0.5, 0.6) is 0 Å². The first-order chi connectivity index (χ1) is 8.77. The van der Waals surface area contributed by atoms with Crippen LogP contribution < -0.4 is 5.32 Å². The van der Waals surface area contributed by atoms with Crippen molar-refractivity contribution in [2.75, 3.05) is 5.32 Å². The second-order valence-corrected chi connectivity index (χ2v) is 4.62. The maximum atomic E-state index is 11.8. The molecule has 0 aliphatic heterocycles. The molecular weight excluding hydrogens is 222 g/mol. The number of unbranched alkanes of at least 4 members (excludes halogenated alkanes) is 3. The van der Waals surface area contributed by atoms with E-state index in [2.05, 4.69) is 25.2 Å². The van der Waals surface area contributed by atoms with Gasteiger partial charge in [-0.2, -0.15) is 0 Å². The molecule has 0 aromatic heterocycles. The molecule has 0 saturated carbocycles. The van der Waals surface area contributed by atoms with Crippen molar-refractivity contribution in [1.29, 1.82) is 0 Å². The number of para-hydroxylation sites is 1. The van der Waals surface area contributed by atoms with Crippen molar-refractivity contribution in [3.8, 4) is 0 Å². The van der Waals surface area contributed by atoms with E-state index in [9.17, 15) is 4.79 Å². The molecule has 0 saturated heterocycles. The van der Waals surface area contributed by atoms with Gasteiger partial charge in [0, 0.05) is 12.1 Å². The van der Waals surface area contributed by atoms with Crippen LogP contribution in [0.3, 0.4) is 0 Å². The molecule has 1 aromatic rings. The van der Waals surface area contributed by atoms with Gasteiger partial charge in [0.25, 0.3) is 0 Å². The number of rotatable bonds is 8. The highest BCUT2D eigenvalue weighted by Gasteiger charge is 2.05. The number of aryl methyl sites for hydroxylation is 1. The number of hydrogen-bond donors (Lipinski definition) is 1. The molecule has 0 fully saturated rings. The molecule has 1 amide bonds. The zero-order valence-electron chi connectivity index (χ0n) is 11.4. The lowest BCUT2D eigenvalue weighted by Crippen LogP contribution is -2.12. The molecule has 1 radical (unpaired) electrons. The summed E-state index contributed by atoms with van der Waals surface area (Å²) in [6.45, 7) is 6.00. The fraction of sp³-hybridized carbons (Fsp3) is 0.500. The van der Waals surface area contributed by atoms with Crippen LogP contribution in [0, 0.1) is 6.92 Å². The summed E-state index contributed by atoms with van der Waals surface area (Å²) in [6, 6.07) is 8.05. The van der Waals surface area contributed by atoms with Crippen LogP contribution in [0.15, 0.2) is 24.3 Å². The summed E-state index contributed by atoms with van der Waals surface area (Å²) < 4.78 is 0. The Balaban J connectivity index is 2.51. The zero-order chi connectivity index (χ0) is 13.2. The molecule has 2 nitrogen and oxygen atoms in total. The van der Waals surface area contributed by atoms with Crippen LogP contribution in [0.2, 0.25) is 0 Å². The van der Waals surface area contributed by atoms with Crippen molar-refractivity contribution in [1.82, 2.24) is 0 Å². The molecule has 1 rings (SSSR count). The van der Waals surface area contributed by atoms with Gasteiger partial charge in [-0.05, 0) is 30.9 Å². The molecule has 0 aliphatic carbocycles. The summed E-state index contributed by atoms with van der Waals surface area (Å²) >= 11 is 0. The molecule has 1 aromatic carbocycles. The van der Waals surface area contributed by atoms with E-state index in [1.807, 2.05) is 18.2 Å².